The lowest BCUT2D eigenvalue weighted by Gasteiger charge is -2.40. The Morgan fingerprint density at radius 3 is 1.00 bits per heavy atom. The molecule has 0 aromatic heterocycles. The van der Waals surface area contributed by atoms with E-state index in [1.807, 2.05) is 0 Å². The summed E-state index contributed by atoms with van der Waals surface area (Å²) in [5.74, 6) is -0.705. The molecule has 0 aromatic rings. The van der Waals surface area contributed by atoms with E-state index < -0.39 is 74.2 Å². The summed E-state index contributed by atoms with van der Waals surface area (Å²) < 4.78 is 11.2. The van der Waals surface area contributed by atoms with Gasteiger partial charge >= 0.3 is 0 Å². The lowest BCUT2D eigenvalue weighted by Crippen LogP contribution is -2.60. The van der Waals surface area contributed by atoms with Crippen LogP contribution in [0.5, 0.6) is 0 Å². The summed E-state index contributed by atoms with van der Waals surface area (Å²) in [6, 6.07) is -1.20. The fourth-order valence-electron chi connectivity index (χ4n) is 12.7. The molecular weight excluding hydrogens is 1110 g/mol. The van der Waals surface area contributed by atoms with Gasteiger partial charge in [0.05, 0.1) is 25.4 Å². The predicted molar refractivity (Wildman–Crippen MR) is 376 cm³/mol. The van der Waals surface area contributed by atoms with Gasteiger partial charge in [-0.3, -0.25) is 4.79 Å². The number of carbonyl (C=O) groups is 1. The Morgan fingerprint density at radius 1 is 0.382 bits per heavy atom. The second kappa shape index (κ2) is 66.4. The third-order valence-electron chi connectivity index (χ3n) is 18.9. The minimum atomic E-state index is -1.67. The molecule has 0 saturated carbocycles. The van der Waals surface area contributed by atoms with Crippen LogP contribution in [0.15, 0.2) is 36.5 Å². The van der Waals surface area contributed by atoms with Gasteiger partial charge in [0.2, 0.25) is 5.91 Å². The highest BCUT2D eigenvalue weighted by atomic mass is 16.7. The van der Waals surface area contributed by atoms with Gasteiger partial charge in [-0.25, -0.2) is 0 Å². The number of aliphatic hydroxyl groups is 7. The largest absolute Gasteiger partial charge is 0.394 e. The normalized spacial score (nSPS) is 18.7. The van der Waals surface area contributed by atoms with Crippen molar-refractivity contribution in [1.29, 1.82) is 0 Å². The summed E-state index contributed by atoms with van der Waals surface area (Å²) in [5, 5.41) is 76.6. The molecule has 1 fully saturated rings. The number of aliphatic hydroxyl groups excluding tert-OH is 7. The molecule has 1 rings (SSSR count). The lowest BCUT2D eigenvalue weighted by molar-refractivity contribution is -0.303. The van der Waals surface area contributed by atoms with Crippen molar-refractivity contribution in [3.8, 4) is 0 Å². The number of allylic oxidation sites excluding steroid dienone is 6. The first kappa shape index (κ1) is 85.3. The highest BCUT2D eigenvalue weighted by molar-refractivity contribution is 5.80. The van der Waals surface area contributed by atoms with Crippen LogP contribution in [0.4, 0.5) is 0 Å². The third-order valence-corrected chi connectivity index (χ3v) is 18.9. The first-order valence-corrected chi connectivity index (χ1v) is 38.9. The van der Waals surface area contributed by atoms with Crippen LogP contribution in [-0.2, 0) is 14.3 Å². The van der Waals surface area contributed by atoms with Crippen molar-refractivity contribution in [3.05, 3.63) is 36.5 Å². The predicted octanol–water partition coefficient (Wildman–Crippen LogP) is 19.7. The molecule has 11 heteroatoms. The zero-order chi connectivity index (χ0) is 64.6. The number of hydrogen-bond donors (Lipinski definition) is 8. The molecule has 8 N–H and O–H groups in total. The smallest absolute Gasteiger partial charge is 0.249 e. The molecule has 0 aromatic carbocycles. The van der Waals surface area contributed by atoms with Crippen LogP contribution in [0.3, 0.4) is 0 Å². The first-order valence-electron chi connectivity index (χ1n) is 38.9. The topological polar surface area (TPSA) is 189 Å². The maximum atomic E-state index is 13.3. The number of rotatable bonds is 69. The van der Waals surface area contributed by atoms with Crippen molar-refractivity contribution in [2.24, 2.45) is 0 Å². The molecule has 0 spiro atoms. The molecule has 1 heterocycles. The van der Waals surface area contributed by atoms with Crippen LogP contribution in [0.2, 0.25) is 0 Å². The van der Waals surface area contributed by atoms with E-state index >= 15 is 0 Å². The number of carbonyl (C=O) groups excluding carboxylic acids is 1. The number of unbranched alkanes of at least 4 members (excludes halogenated alkanes) is 51. The standard InChI is InChI=1S/C78H149NO10/c1-3-5-7-9-11-13-15-17-19-21-23-25-27-29-31-33-34-35-36-37-38-40-42-44-46-48-50-52-54-56-58-60-62-64-66-71(82)77(87)79-69(68-88-78-76(86)75(85)74(84)72(67-80)89-78)73(83)70(81)65-63-61-59-57-55-53-51-49-47-45-43-41-39-32-30-28-26-24-22-20-18-16-14-12-10-8-6-4-2/h41,43,49,51,57,59,69-76,78,80-86H,3-40,42,44-48,50,52-56,58,60-68H2,1-2H3,(H,79,87)/b43-41+,51-49+,59-57+. The molecule has 9 atom stereocenters. The van der Waals surface area contributed by atoms with E-state index in [9.17, 15) is 40.5 Å². The van der Waals surface area contributed by atoms with Crippen LogP contribution < -0.4 is 5.32 Å². The molecule has 1 amide bonds. The van der Waals surface area contributed by atoms with Crippen LogP contribution in [0.25, 0.3) is 0 Å². The number of ether oxygens (including phenoxy) is 2. The fraction of sp³-hybridized carbons (Fsp3) is 0.910. The van der Waals surface area contributed by atoms with E-state index in [-0.39, 0.29) is 12.8 Å². The van der Waals surface area contributed by atoms with Crippen molar-refractivity contribution in [1.82, 2.24) is 5.32 Å². The number of nitrogens with one attached hydrogen (secondary N) is 1. The molecule has 1 aliphatic rings. The van der Waals surface area contributed by atoms with Gasteiger partial charge in [-0.15, -0.1) is 0 Å². The van der Waals surface area contributed by atoms with Gasteiger partial charge in [-0.05, 0) is 64.2 Å². The monoisotopic (exact) mass is 1260 g/mol. The highest BCUT2D eigenvalue weighted by Gasteiger charge is 2.44. The van der Waals surface area contributed by atoms with Gasteiger partial charge in [-0.1, -0.05) is 359 Å². The summed E-state index contributed by atoms with van der Waals surface area (Å²) in [6.07, 6.45) is 75.5. The van der Waals surface area contributed by atoms with Gasteiger partial charge in [0.1, 0.15) is 36.6 Å². The summed E-state index contributed by atoms with van der Waals surface area (Å²) in [7, 11) is 0. The third kappa shape index (κ3) is 53.3. The van der Waals surface area contributed by atoms with E-state index in [1.54, 1.807) is 0 Å². The Hall–Kier alpha value is -1.67. The highest BCUT2D eigenvalue weighted by Crippen LogP contribution is 2.24. The average Bonchev–Trinajstić information content (AvgIpc) is 3.59. The van der Waals surface area contributed by atoms with Gasteiger partial charge in [-0.2, -0.15) is 0 Å². The second-order valence-corrected chi connectivity index (χ2v) is 27.4. The summed E-state index contributed by atoms with van der Waals surface area (Å²) in [6.45, 7) is 3.50. The van der Waals surface area contributed by atoms with Crippen molar-refractivity contribution in [3.63, 3.8) is 0 Å². The lowest BCUT2D eigenvalue weighted by atomic mass is 9.98. The van der Waals surface area contributed by atoms with Crippen LogP contribution in [0.1, 0.15) is 386 Å². The van der Waals surface area contributed by atoms with Crippen molar-refractivity contribution < 1.29 is 50.0 Å². The zero-order valence-corrected chi connectivity index (χ0v) is 58.4. The number of hydrogen-bond acceptors (Lipinski definition) is 10. The Bertz CT molecular complexity index is 1540. The van der Waals surface area contributed by atoms with E-state index in [0.717, 1.165) is 44.9 Å². The van der Waals surface area contributed by atoms with Crippen LogP contribution >= 0.6 is 0 Å². The maximum Gasteiger partial charge on any atom is 0.249 e. The minimum Gasteiger partial charge on any atom is -0.394 e. The Labute approximate surface area is 549 Å². The summed E-state index contributed by atoms with van der Waals surface area (Å²) in [4.78, 5) is 13.3. The number of amides is 1. The molecule has 1 saturated heterocycles. The van der Waals surface area contributed by atoms with Gasteiger partial charge in [0.25, 0.3) is 0 Å². The Kier molecular flexibility index (Phi) is 63.6. The van der Waals surface area contributed by atoms with Gasteiger partial charge < -0.3 is 50.5 Å². The molecule has 9 unspecified atom stereocenters. The van der Waals surface area contributed by atoms with Crippen molar-refractivity contribution in [2.45, 2.75) is 441 Å². The SMILES string of the molecule is CCCCCCCCCCCCCCCCC/C=C/CC/C=C/CC/C=C/CCCC(O)C(O)C(COC1OC(CO)C(O)C(O)C1O)NC(=O)C(O)CCCCCCCCCCCCCCCCCCCCCCCCCCCCCCCCCCCC. The summed E-state index contributed by atoms with van der Waals surface area (Å²) >= 11 is 0. The van der Waals surface area contributed by atoms with Gasteiger partial charge in [0.15, 0.2) is 6.29 Å². The van der Waals surface area contributed by atoms with E-state index in [1.165, 1.54) is 295 Å². The van der Waals surface area contributed by atoms with Crippen molar-refractivity contribution in [2.75, 3.05) is 13.2 Å². The molecule has 1 aliphatic heterocycles. The second-order valence-electron chi connectivity index (χ2n) is 27.4. The molecular formula is C78H149NO10. The van der Waals surface area contributed by atoms with Crippen molar-refractivity contribution >= 4 is 5.91 Å². The Balaban J connectivity index is 2.17. The van der Waals surface area contributed by atoms with E-state index in [0.29, 0.717) is 19.3 Å². The van der Waals surface area contributed by atoms with Crippen LogP contribution in [-0.4, -0.2) is 110 Å². The molecule has 89 heavy (non-hydrogen) atoms. The fourth-order valence-corrected chi connectivity index (χ4v) is 12.7. The zero-order valence-electron chi connectivity index (χ0n) is 58.4. The van der Waals surface area contributed by atoms with Gasteiger partial charge in [0, 0.05) is 0 Å². The summed E-state index contributed by atoms with van der Waals surface area (Å²) in [5.41, 5.74) is 0. The first-order chi connectivity index (χ1) is 43.7. The minimum absolute atomic E-state index is 0.243. The van der Waals surface area contributed by atoms with E-state index in [2.05, 4.69) is 55.6 Å². The Morgan fingerprint density at radius 2 is 0.674 bits per heavy atom. The molecule has 11 nitrogen and oxygen atoms in total. The maximum absolute atomic E-state index is 13.3. The molecule has 526 valence electrons. The molecule has 0 radical (unpaired) electrons. The van der Waals surface area contributed by atoms with E-state index in [4.69, 9.17) is 9.47 Å². The average molecular weight is 1260 g/mol. The van der Waals surface area contributed by atoms with Crippen LogP contribution in [0, 0.1) is 0 Å². The molecule has 0 aliphatic carbocycles. The quantitative estimate of drug-likeness (QED) is 0.0215. The molecule has 0 bridgehead atoms.